The molecule has 128 valence electrons. The summed E-state index contributed by atoms with van der Waals surface area (Å²) in [7, 11) is -3.79. The number of carbonyl (C=O) groups is 1. The molecule has 2 aromatic rings. The van der Waals surface area contributed by atoms with Crippen molar-refractivity contribution in [1.29, 1.82) is 0 Å². The first-order valence-corrected chi connectivity index (χ1v) is 9.79. The molecule has 24 heavy (non-hydrogen) atoms. The van der Waals surface area contributed by atoms with Gasteiger partial charge in [-0.25, -0.2) is 8.42 Å². The fourth-order valence-electron chi connectivity index (χ4n) is 2.20. The van der Waals surface area contributed by atoms with E-state index in [1.165, 1.54) is 12.1 Å². The maximum absolute atomic E-state index is 12.5. The number of sulfonamides is 1. The van der Waals surface area contributed by atoms with Gasteiger partial charge in [-0.05, 0) is 43.2 Å². The van der Waals surface area contributed by atoms with E-state index in [0.29, 0.717) is 6.54 Å². The van der Waals surface area contributed by atoms with Crippen LogP contribution >= 0.6 is 15.9 Å². The lowest BCUT2D eigenvalue weighted by atomic mass is 10.1. The van der Waals surface area contributed by atoms with Crippen LogP contribution in [0.2, 0.25) is 0 Å². The zero-order chi connectivity index (χ0) is 17.6. The molecule has 0 fully saturated rings. The molecule has 2 rings (SSSR count). The van der Waals surface area contributed by atoms with Gasteiger partial charge in [0.1, 0.15) is 6.04 Å². The zero-order valence-electron chi connectivity index (χ0n) is 13.2. The SMILES string of the molecule is CCNC(=O)[C@H](Cc1ccccc1)NS(=O)(=O)c1ccc(Br)cc1. The number of rotatable bonds is 7. The van der Waals surface area contributed by atoms with Gasteiger partial charge in [0.05, 0.1) is 4.90 Å². The second-order valence-electron chi connectivity index (χ2n) is 5.21. The lowest BCUT2D eigenvalue weighted by Gasteiger charge is -2.18. The van der Waals surface area contributed by atoms with Crippen molar-refractivity contribution in [2.24, 2.45) is 0 Å². The Labute approximate surface area is 150 Å². The maximum atomic E-state index is 12.5. The third-order valence-corrected chi connectivity index (χ3v) is 5.39. The summed E-state index contributed by atoms with van der Waals surface area (Å²) in [6, 6.07) is 14.7. The van der Waals surface area contributed by atoms with Gasteiger partial charge in [0.15, 0.2) is 0 Å². The number of amides is 1. The Hall–Kier alpha value is -1.70. The molecule has 1 amide bonds. The minimum atomic E-state index is -3.79. The van der Waals surface area contributed by atoms with Gasteiger partial charge < -0.3 is 5.32 Å². The van der Waals surface area contributed by atoms with Crippen LogP contribution in [0.15, 0.2) is 64.0 Å². The van der Waals surface area contributed by atoms with Gasteiger partial charge in [-0.15, -0.1) is 0 Å². The third-order valence-electron chi connectivity index (χ3n) is 3.37. The van der Waals surface area contributed by atoms with E-state index in [9.17, 15) is 13.2 Å². The molecule has 7 heteroatoms. The second-order valence-corrected chi connectivity index (χ2v) is 7.84. The predicted octanol–water partition coefficient (Wildman–Crippen LogP) is 2.47. The first-order chi connectivity index (χ1) is 11.4. The van der Waals surface area contributed by atoms with Crippen molar-refractivity contribution >= 4 is 31.9 Å². The highest BCUT2D eigenvalue weighted by molar-refractivity contribution is 9.10. The fourth-order valence-corrected chi connectivity index (χ4v) is 3.66. The molecule has 0 aliphatic heterocycles. The summed E-state index contributed by atoms with van der Waals surface area (Å²) in [6.07, 6.45) is 0.280. The highest BCUT2D eigenvalue weighted by Crippen LogP contribution is 2.15. The highest BCUT2D eigenvalue weighted by Gasteiger charge is 2.25. The lowest BCUT2D eigenvalue weighted by Crippen LogP contribution is -2.47. The molecule has 0 saturated carbocycles. The van der Waals surface area contributed by atoms with Gasteiger partial charge in [-0.2, -0.15) is 4.72 Å². The number of benzene rings is 2. The quantitative estimate of drug-likeness (QED) is 0.735. The Morgan fingerprint density at radius 3 is 2.29 bits per heavy atom. The van der Waals surface area contributed by atoms with Crippen molar-refractivity contribution in [3.05, 3.63) is 64.6 Å². The fraction of sp³-hybridized carbons (Fsp3) is 0.235. The first kappa shape index (κ1) is 18.6. The summed E-state index contributed by atoms with van der Waals surface area (Å²) in [6.45, 7) is 2.23. The standard InChI is InChI=1S/C17H19BrN2O3S/c1-2-19-17(21)16(12-13-6-4-3-5-7-13)20-24(22,23)15-10-8-14(18)9-11-15/h3-11,16,20H,2,12H2,1H3,(H,19,21)/t16-/m0/s1. The number of nitrogens with one attached hydrogen (secondary N) is 2. The number of halogens is 1. The molecule has 0 saturated heterocycles. The Balaban J connectivity index is 2.23. The van der Waals surface area contributed by atoms with E-state index in [1.54, 1.807) is 19.1 Å². The van der Waals surface area contributed by atoms with Crippen LogP contribution in [0.4, 0.5) is 0 Å². The summed E-state index contributed by atoms with van der Waals surface area (Å²) in [5, 5.41) is 2.68. The molecule has 0 aromatic heterocycles. The Morgan fingerprint density at radius 2 is 1.71 bits per heavy atom. The van der Waals surface area contributed by atoms with Gasteiger partial charge in [0, 0.05) is 11.0 Å². The van der Waals surface area contributed by atoms with E-state index in [2.05, 4.69) is 26.0 Å². The topological polar surface area (TPSA) is 75.3 Å². The van der Waals surface area contributed by atoms with Crippen LogP contribution in [-0.4, -0.2) is 26.9 Å². The van der Waals surface area contributed by atoms with Gasteiger partial charge in [-0.1, -0.05) is 46.3 Å². The molecular weight excluding hydrogens is 392 g/mol. The first-order valence-electron chi connectivity index (χ1n) is 7.52. The van der Waals surface area contributed by atoms with E-state index >= 15 is 0 Å². The Kier molecular flexibility index (Phi) is 6.53. The highest BCUT2D eigenvalue weighted by atomic mass is 79.9. The van der Waals surface area contributed by atoms with Gasteiger partial charge >= 0.3 is 0 Å². The number of carbonyl (C=O) groups excluding carboxylic acids is 1. The van der Waals surface area contributed by atoms with Gasteiger partial charge in [0.2, 0.25) is 15.9 Å². The van der Waals surface area contributed by atoms with Crippen LogP contribution in [0.25, 0.3) is 0 Å². The summed E-state index contributed by atoms with van der Waals surface area (Å²) in [5.41, 5.74) is 0.882. The van der Waals surface area contributed by atoms with Crippen LogP contribution in [-0.2, 0) is 21.2 Å². The summed E-state index contributed by atoms with van der Waals surface area (Å²) in [5.74, 6) is -0.345. The summed E-state index contributed by atoms with van der Waals surface area (Å²) in [4.78, 5) is 12.4. The van der Waals surface area contributed by atoms with Gasteiger partial charge in [-0.3, -0.25) is 4.79 Å². The number of hydrogen-bond donors (Lipinski definition) is 2. The third kappa shape index (κ3) is 5.15. The summed E-state index contributed by atoms with van der Waals surface area (Å²) >= 11 is 3.27. The minimum absolute atomic E-state index is 0.119. The molecule has 0 spiro atoms. The molecule has 1 atom stereocenters. The molecule has 2 aromatic carbocycles. The average Bonchev–Trinajstić information content (AvgIpc) is 2.55. The van der Waals surface area contributed by atoms with Gasteiger partial charge in [0.25, 0.3) is 0 Å². The largest absolute Gasteiger partial charge is 0.355 e. The molecule has 0 aliphatic rings. The van der Waals surface area contributed by atoms with Crippen molar-refractivity contribution in [2.45, 2.75) is 24.3 Å². The normalized spacial score (nSPS) is 12.6. The van der Waals surface area contributed by atoms with Crippen molar-refractivity contribution < 1.29 is 13.2 Å². The average molecular weight is 411 g/mol. The monoisotopic (exact) mass is 410 g/mol. The van der Waals surface area contributed by atoms with Crippen LogP contribution in [0, 0.1) is 0 Å². The number of likely N-dealkylation sites (N-methyl/N-ethyl adjacent to an activating group) is 1. The smallest absolute Gasteiger partial charge is 0.241 e. The van der Waals surface area contributed by atoms with Crippen molar-refractivity contribution in [2.75, 3.05) is 6.54 Å². The minimum Gasteiger partial charge on any atom is -0.355 e. The van der Waals surface area contributed by atoms with E-state index in [1.807, 2.05) is 30.3 Å². The van der Waals surface area contributed by atoms with Crippen molar-refractivity contribution in [3.8, 4) is 0 Å². The molecule has 0 radical (unpaired) electrons. The zero-order valence-corrected chi connectivity index (χ0v) is 15.6. The maximum Gasteiger partial charge on any atom is 0.241 e. The Bertz CT molecular complexity index is 777. The summed E-state index contributed by atoms with van der Waals surface area (Å²) < 4.78 is 28.4. The van der Waals surface area contributed by atoms with E-state index in [-0.39, 0.29) is 17.2 Å². The lowest BCUT2D eigenvalue weighted by molar-refractivity contribution is -0.122. The van der Waals surface area contributed by atoms with Crippen LogP contribution in [0.5, 0.6) is 0 Å². The molecular formula is C17H19BrN2O3S. The number of hydrogen-bond acceptors (Lipinski definition) is 3. The van der Waals surface area contributed by atoms with Crippen LogP contribution in [0.1, 0.15) is 12.5 Å². The van der Waals surface area contributed by atoms with Crippen molar-refractivity contribution in [3.63, 3.8) is 0 Å². The van der Waals surface area contributed by atoms with E-state index in [0.717, 1.165) is 10.0 Å². The van der Waals surface area contributed by atoms with E-state index < -0.39 is 16.1 Å². The van der Waals surface area contributed by atoms with E-state index in [4.69, 9.17) is 0 Å². The second kappa shape index (κ2) is 8.41. The molecule has 2 N–H and O–H groups in total. The van der Waals surface area contributed by atoms with Crippen LogP contribution in [0.3, 0.4) is 0 Å². The Morgan fingerprint density at radius 1 is 1.08 bits per heavy atom. The molecule has 0 aliphatic carbocycles. The predicted molar refractivity (Wildman–Crippen MR) is 97.1 cm³/mol. The van der Waals surface area contributed by atoms with Crippen molar-refractivity contribution in [1.82, 2.24) is 10.0 Å². The molecule has 0 bridgehead atoms. The molecule has 0 heterocycles. The molecule has 0 unspecified atom stereocenters. The molecule has 5 nitrogen and oxygen atoms in total. The van der Waals surface area contributed by atoms with Crippen LogP contribution < -0.4 is 10.0 Å².